The molecule has 0 aromatic heterocycles. The molecule has 1 aromatic carbocycles. The lowest BCUT2D eigenvalue weighted by Gasteiger charge is -2.29. The Kier molecular flexibility index (Phi) is 5.26. The molecule has 1 atom stereocenters. The summed E-state index contributed by atoms with van der Waals surface area (Å²) >= 11 is 6.99. The van der Waals surface area contributed by atoms with Gasteiger partial charge in [0.15, 0.2) is 0 Å². The summed E-state index contributed by atoms with van der Waals surface area (Å²) in [6.45, 7) is 2.86. The van der Waals surface area contributed by atoms with Gasteiger partial charge in [-0.25, -0.2) is 0 Å². The minimum Gasteiger partial charge on any atom is -0.311 e. The van der Waals surface area contributed by atoms with Crippen molar-refractivity contribution in [3.05, 3.63) is 27.1 Å². The second-order valence-electron chi connectivity index (χ2n) is 5.63. The molecule has 1 aliphatic carbocycles. The fourth-order valence-corrected chi connectivity index (χ4v) is 2.57. The highest BCUT2D eigenvalue weighted by Gasteiger charge is 2.34. The van der Waals surface area contributed by atoms with Crippen molar-refractivity contribution in [3.8, 4) is 0 Å². The molecule has 0 N–H and O–H groups in total. The molecule has 3 nitrogen and oxygen atoms in total. The summed E-state index contributed by atoms with van der Waals surface area (Å²) in [4.78, 5) is 16.6. The van der Waals surface area contributed by atoms with E-state index in [-0.39, 0.29) is 11.8 Å². The van der Waals surface area contributed by atoms with E-state index >= 15 is 0 Å². The zero-order chi connectivity index (χ0) is 14.9. The number of nitrogens with zero attached hydrogens (tertiary/aromatic N) is 2. The number of amides is 1. The first-order valence-corrected chi connectivity index (χ1v) is 8.41. The zero-order valence-corrected chi connectivity index (χ0v) is 15.2. The van der Waals surface area contributed by atoms with E-state index in [1.54, 1.807) is 0 Å². The van der Waals surface area contributed by atoms with Crippen LogP contribution in [0, 0.1) is 5.92 Å². The van der Waals surface area contributed by atoms with Crippen LogP contribution in [0.1, 0.15) is 19.8 Å². The van der Waals surface area contributed by atoms with Crippen molar-refractivity contribution in [2.45, 2.75) is 25.8 Å². The summed E-state index contributed by atoms with van der Waals surface area (Å²) < 4.78 is 1.97. The van der Waals surface area contributed by atoms with Crippen molar-refractivity contribution in [2.24, 2.45) is 5.92 Å². The zero-order valence-electron chi connectivity index (χ0n) is 12.1. The van der Waals surface area contributed by atoms with E-state index in [1.165, 1.54) is 0 Å². The van der Waals surface area contributed by atoms with Crippen molar-refractivity contribution in [1.82, 2.24) is 4.90 Å². The highest BCUT2D eigenvalue weighted by atomic mass is 79.9. The van der Waals surface area contributed by atoms with E-state index in [9.17, 15) is 4.79 Å². The third-order valence-electron chi connectivity index (χ3n) is 3.74. The Balaban J connectivity index is 2.24. The number of likely N-dealkylation sites (N-methyl/N-ethyl adjacent to an activating group) is 1. The second-order valence-corrected chi connectivity index (χ2v) is 7.34. The number of hydrogen-bond donors (Lipinski definition) is 0. The maximum Gasteiger partial charge on any atom is 0.230 e. The molecule has 0 saturated heterocycles. The SMILES string of the molecule is CC(CN(C(=O)C1CC1)c1ccc(Br)c(Br)c1)N(C)C. The topological polar surface area (TPSA) is 23.6 Å². The van der Waals surface area contributed by atoms with Crippen LogP contribution in [-0.4, -0.2) is 37.5 Å². The molecule has 1 fully saturated rings. The summed E-state index contributed by atoms with van der Waals surface area (Å²) in [5.41, 5.74) is 0.964. The quantitative estimate of drug-likeness (QED) is 0.744. The molecular weight excluding hydrogens is 384 g/mol. The van der Waals surface area contributed by atoms with Crippen LogP contribution in [-0.2, 0) is 4.79 Å². The van der Waals surface area contributed by atoms with E-state index in [0.717, 1.165) is 34.0 Å². The molecule has 0 radical (unpaired) electrons. The molecule has 0 bridgehead atoms. The Morgan fingerprint density at radius 2 is 1.95 bits per heavy atom. The lowest BCUT2D eigenvalue weighted by Crippen LogP contribution is -2.42. The maximum absolute atomic E-state index is 12.5. The molecule has 1 aromatic rings. The lowest BCUT2D eigenvalue weighted by atomic mass is 10.2. The highest BCUT2D eigenvalue weighted by molar-refractivity contribution is 9.13. The summed E-state index contributed by atoms with van der Waals surface area (Å²) in [6.07, 6.45) is 2.06. The molecule has 5 heteroatoms. The van der Waals surface area contributed by atoms with Gasteiger partial charge >= 0.3 is 0 Å². The molecule has 110 valence electrons. The smallest absolute Gasteiger partial charge is 0.230 e. The van der Waals surface area contributed by atoms with Crippen molar-refractivity contribution < 1.29 is 4.79 Å². The van der Waals surface area contributed by atoms with Crippen LogP contribution >= 0.6 is 31.9 Å². The molecule has 1 unspecified atom stereocenters. The van der Waals surface area contributed by atoms with Gasteiger partial charge in [0.2, 0.25) is 5.91 Å². The van der Waals surface area contributed by atoms with Crippen LogP contribution < -0.4 is 4.90 Å². The second kappa shape index (κ2) is 6.58. The van der Waals surface area contributed by atoms with Gasteiger partial charge in [-0.15, -0.1) is 0 Å². The highest BCUT2D eigenvalue weighted by Crippen LogP contribution is 2.34. The van der Waals surface area contributed by atoms with E-state index < -0.39 is 0 Å². The summed E-state index contributed by atoms with van der Waals surface area (Å²) in [5.74, 6) is 0.486. The normalized spacial score (nSPS) is 16.3. The number of benzene rings is 1. The number of anilines is 1. The predicted molar refractivity (Wildman–Crippen MR) is 90.1 cm³/mol. The monoisotopic (exact) mass is 402 g/mol. The Morgan fingerprint density at radius 3 is 2.45 bits per heavy atom. The number of halogens is 2. The van der Waals surface area contributed by atoms with E-state index in [0.29, 0.717) is 6.04 Å². The van der Waals surface area contributed by atoms with E-state index in [4.69, 9.17) is 0 Å². The predicted octanol–water partition coefficient (Wildman–Crippen LogP) is 3.90. The fourth-order valence-electron chi connectivity index (χ4n) is 1.95. The Hall–Kier alpha value is -0.390. The molecule has 20 heavy (non-hydrogen) atoms. The van der Waals surface area contributed by atoms with Gasteiger partial charge < -0.3 is 9.80 Å². The van der Waals surface area contributed by atoms with Crippen LogP contribution in [0.25, 0.3) is 0 Å². The van der Waals surface area contributed by atoms with Crippen molar-refractivity contribution in [3.63, 3.8) is 0 Å². The van der Waals surface area contributed by atoms with Gasteiger partial charge in [-0.05, 0) is 83.9 Å². The largest absolute Gasteiger partial charge is 0.311 e. The van der Waals surface area contributed by atoms with Gasteiger partial charge in [0, 0.05) is 33.1 Å². The average molecular weight is 404 g/mol. The minimum atomic E-state index is 0.229. The fraction of sp³-hybridized carbons (Fsp3) is 0.533. The van der Waals surface area contributed by atoms with Crippen molar-refractivity contribution in [2.75, 3.05) is 25.5 Å². The standard InChI is InChI=1S/C15H20Br2N2O/c1-10(18(2)3)9-19(15(20)11-4-5-11)12-6-7-13(16)14(17)8-12/h6-8,10-11H,4-5,9H2,1-3H3. The van der Waals surface area contributed by atoms with Gasteiger partial charge in [-0.3, -0.25) is 4.79 Å². The van der Waals surface area contributed by atoms with Crippen LogP contribution in [0.5, 0.6) is 0 Å². The molecule has 1 saturated carbocycles. The summed E-state index contributed by atoms with van der Waals surface area (Å²) in [5, 5.41) is 0. The summed E-state index contributed by atoms with van der Waals surface area (Å²) in [7, 11) is 4.09. The minimum absolute atomic E-state index is 0.229. The van der Waals surface area contributed by atoms with E-state index in [2.05, 4.69) is 43.7 Å². The summed E-state index contributed by atoms with van der Waals surface area (Å²) in [6, 6.07) is 6.30. The van der Waals surface area contributed by atoms with Crippen molar-refractivity contribution >= 4 is 43.5 Å². The lowest BCUT2D eigenvalue weighted by molar-refractivity contribution is -0.119. The van der Waals surface area contributed by atoms with Gasteiger partial charge in [-0.1, -0.05) is 0 Å². The Bertz CT molecular complexity index is 501. The average Bonchev–Trinajstić information content (AvgIpc) is 3.22. The molecule has 0 spiro atoms. The van der Waals surface area contributed by atoms with Crippen LogP contribution in [0.3, 0.4) is 0 Å². The molecule has 1 aliphatic rings. The third kappa shape index (κ3) is 3.83. The number of hydrogen-bond acceptors (Lipinski definition) is 2. The first-order chi connectivity index (χ1) is 9.40. The van der Waals surface area contributed by atoms with Crippen LogP contribution in [0.2, 0.25) is 0 Å². The molecule has 1 amide bonds. The maximum atomic E-state index is 12.5. The Morgan fingerprint density at radius 1 is 1.30 bits per heavy atom. The Labute approximate surface area is 137 Å². The molecule has 0 aliphatic heterocycles. The first-order valence-electron chi connectivity index (χ1n) is 6.83. The number of carbonyl (C=O) groups excluding carboxylic acids is 1. The van der Waals surface area contributed by atoms with Gasteiger partial charge in [0.1, 0.15) is 0 Å². The van der Waals surface area contributed by atoms with Crippen molar-refractivity contribution in [1.29, 1.82) is 0 Å². The van der Waals surface area contributed by atoms with Gasteiger partial charge in [-0.2, -0.15) is 0 Å². The molecule has 2 rings (SSSR count). The van der Waals surface area contributed by atoms with Gasteiger partial charge in [0.25, 0.3) is 0 Å². The molecular formula is C15H20Br2N2O. The van der Waals surface area contributed by atoms with Crippen LogP contribution in [0.4, 0.5) is 5.69 Å². The van der Waals surface area contributed by atoms with Gasteiger partial charge in [0.05, 0.1) is 0 Å². The first kappa shape index (κ1) is 16.0. The number of carbonyl (C=O) groups is 1. The van der Waals surface area contributed by atoms with Crippen LogP contribution in [0.15, 0.2) is 27.1 Å². The number of rotatable bonds is 5. The van der Waals surface area contributed by atoms with E-state index in [1.807, 2.05) is 37.2 Å². The third-order valence-corrected chi connectivity index (χ3v) is 5.62. The molecule has 0 heterocycles.